The molecule has 32 heavy (non-hydrogen) atoms. The molecule has 7 heteroatoms. The van der Waals surface area contributed by atoms with E-state index < -0.39 is 5.82 Å². The molecule has 5 nitrogen and oxygen atoms in total. The van der Waals surface area contributed by atoms with Gasteiger partial charge in [-0.05, 0) is 61.9 Å². The SMILES string of the molecule is Cc1nn(-c2ccccc2)c(Oc2cccc(F)c2)c1CCC(=O)Nc1ccc(F)cc1. The lowest BCUT2D eigenvalue weighted by molar-refractivity contribution is -0.116. The molecule has 0 spiro atoms. The van der Waals surface area contributed by atoms with Gasteiger partial charge in [-0.25, -0.2) is 13.5 Å². The molecule has 0 saturated heterocycles. The first kappa shape index (κ1) is 21.2. The predicted octanol–water partition coefficient (Wildman–Crippen LogP) is 5.82. The number of benzene rings is 3. The maximum absolute atomic E-state index is 13.7. The number of nitrogens with one attached hydrogen (secondary N) is 1. The van der Waals surface area contributed by atoms with Gasteiger partial charge in [0, 0.05) is 23.7 Å². The van der Waals surface area contributed by atoms with Crippen LogP contribution in [0.4, 0.5) is 14.5 Å². The smallest absolute Gasteiger partial charge is 0.226 e. The van der Waals surface area contributed by atoms with Crippen molar-refractivity contribution in [2.45, 2.75) is 19.8 Å². The van der Waals surface area contributed by atoms with E-state index >= 15 is 0 Å². The second-order valence-corrected chi connectivity index (χ2v) is 7.23. The normalized spacial score (nSPS) is 10.7. The number of amides is 1. The molecule has 0 atom stereocenters. The third-order valence-corrected chi connectivity index (χ3v) is 4.88. The number of halogens is 2. The van der Waals surface area contributed by atoms with E-state index in [1.807, 2.05) is 37.3 Å². The number of hydrogen-bond acceptors (Lipinski definition) is 3. The molecule has 1 N–H and O–H groups in total. The third kappa shape index (κ3) is 5.00. The lowest BCUT2D eigenvalue weighted by atomic mass is 10.1. The molecule has 0 saturated carbocycles. The lowest BCUT2D eigenvalue weighted by Gasteiger charge is -2.12. The summed E-state index contributed by atoms with van der Waals surface area (Å²) in [4.78, 5) is 12.5. The van der Waals surface area contributed by atoms with Crippen molar-refractivity contribution >= 4 is 11.6 Å². The quantitative estimate of drug-likeness (QED) is 0.399. The topological polar surface area (TPSA) is 56.2 Å². The minimum atomic E-state index is -0.412. The largest absolute Gasteiger partial charge is 0.439 e. The summed E-state index contributed by atoms with van der Waals surface area (Å²) in [6.07, 6.45) is 0.522. The maximum Gasteiger partial charge on any atom is 0.226 e. The van der Waals surface area contributed by atoms with Crippen molar-refractivity contribution in [3.63, 3.8) is 0 Å². The first-order chi connectivity index (χ1) is 15.5. The van der Waals surface area contributed by atoms with Crippen LogP contribution < -0.4 is 10.1 Å². The Hall–Kier alpha value is -4.00. The number of para-hydroxylation sites is 1. The van der Waals surface area contributed by atoms with Crippen molar-refractivity contribution in [3.8, 4) is 17.3 Å². The average molecular weight is 433 g/mol. The maximum atomic E-state index is 13.7. The number of nitrogens with zero attached hydrogens (tertiary/aromatic N) is 2. The Morgan fingerprint density at radius 3 is 2.44 bits per heavy atom. The standard InChI is InChI=1S/C25H21F2N3O2/c1-17-23(14-15-24(31)28-20-12-10-18(26)11-13-20)25(32-22-9-5-6-19(27)16-22)30(29-17)21-7-3-2-4-8-21/h2-13,16H,14-15H2,1H3,(H,28,31). The van der Waals surface area contributed by atoms with Gasteiger partial charge >= 0.3 is 0 Å². The van der Waals surface area contributed by atoms with Gasteiger partial charge in [0.05, 0.1) is 11.4 Å². The molecule has 4 aromatic rings. The molecule has 0 fully saturated rings. The van der Waals surface area contributed by atoms with Gasteiger partial charge in [0.2, 0.25) is 11.8 Å². The minimum Gasteiger partial charge on any atom is -0.439 e. The fourth-order valence-corrected chi connectivity index (χ4v) is 3.31. The Kier molecular flexibility index (Phi) is 6.26. The fraction of sp³-hybridized carbons (Fsp3) is 0.120. The van der Waals surface area contributed by atoms with Crippen molar-refractivity contribution in [1.82, 2.24) is 9.78 Å². The van der Waals surface area contributed by atoms with Crippen LogP contribution in [0.15, 0.2) is 78.9 Å². The molecular weight excluding hydrogens is 412 g/mol. The summed E-state index contributed by atoms with van der Waals surface area (Å²) in [5.41, 5.74) is 2.75. The molecule has 0 aliphatic rings. The second-order valence-electron chi connectivity index (χ2n) is 7.23. The zero-order valence-electron chi connectivity index (χ0n) is 17.4. The van der Waals surface area contributed by atoms with E-state index in [0.717, 1.165) is 11.3 Å². The van der Waals surface area contributed by atoms with Gasteiger partial charge in [0.15, 0.2) is 0 Å². The summed E-state index contributed by atoms with van der Waals surface area (Å²) in [5.74, 6) is -0.246. The molecule has 0 radical (unpaired) electrons. The third-order valence-electron chi connectivity index (χ3n) is 4.88. The Balaban J connectivity index is 1.59. The van der Waals surface area contributed by atoms with Crippen molar-refractivity contribution < 1.29 is 18.3 Å². The summed E-state index contributed by atoms with van der Waals surface area (Å²) in [6, 6.07) is 20.9. The van der Waals surface area contributed by atoms with E-state index in [-0.39, 0.29) is 18.1 Å². The van der Waals surface area contributed by atoms with Crippen LogP contribution in [0.25, 0.3) is 5.69 Å². The molecule has 3 aromatic carbocycles. The van der Waals surface area contributed by atoms with Crippen molar-refractivity contribution in [2.24, 2.45) is 0 Å². The highest BCUT2D eigenvalue weighted by Gasteiger charge is 2.20. The van der Waals surface area contributed by atoms with E-state index in [9.17, 15) is 13.6 Å². The zero-order chi connectivity index (χ0) is 22.5. The van der Waals surface area contributed by atoms with Gasteiger partial charge < -0.3 is 10.1 Å². The van der Waals surface area contributed by atoms with E-state index in [4.69, 9.17) is 4.74 Å². The van der Waals surface area contributed by atoms with Crippen LogP contribution in [-0.4, -0.2) is 15.7 Å². The lowest BCUT2D eigenvalue weighted by Crippen LogP contribution is -2.12. The number of rotatable bonds is 7. The Labute approximate surface area is 184 Å². The number of anilines is 1. The molecular formula is C25H21F2N3O2. The van der Waals surface area contributed by atoms with E-state index in [1.54, 1.807) is 16.8 Å². The molecule has 0 aliphatic carbocycles. The predicted molar refractivity (Wildman–Crippen MR) is 118 cm³/mol. The number of aromatic nitrogens is 2. The highest BCUT2D eigenvalue weighted by Crippen LogP contribution is 2.31. The minimum absolute atomic E-state index is 0.165. The summed E-state index contributed by atoms with van der Waals surface area (Å²) < 4.78 is 34.5. The van der Waals surface area contributed by atoms with Crippen LogP contribution in [0.1, 0.15) is 17.7 Å². The molecule has 1 aromatic heterocycles. The number of hydrogen-bond donors (Lipinski definition) is 1. The first-order valence-corrected chi connectivity index (χ1v) is 10.1. The monoisotopic (exact) mass is 433 g/mol. The van der Waals surface area contributed by atoms with Crippen molar-refractivity contribution in [2.75, 3.05) is 5.32 Å². The van der Waals surface area contributed by atoms with Crippen molar-refractivity contribution in [3.05, 3.63) is 102 Å². The van der Waals surface area contributed by atoms with Crippen LogP contribution in [0, 0.1) is 18.6 Å². The van der Waals surface area contributed by atoms with Crippen LogP contribution in [0.2, 0.25) is 0 Å². The van der Waals surface area contributed by atoms with E-state index in [0.29, 0.717) is 29.4 Å². The zero-order valence-corrected chi connectivity index (χ0v) is 17.4. The van der Waals surface area contributed by atoms with Gasteiger partial charge in [0.1, 0.15) is 17.4 Å². The number of carbonyl (C=O) groups is 1. The average Bonchev–Trinajstić information content (AvgIpc) is 3.09. The fourth-order valence-electron chi connectivity index (χ4n) is 3.31. The summed E-state index contributed by atoms with van der Waals surface area (Å²) in [7, 11) is 0. The van der Waals surface area contributed by atoms with E-state index in [1.165, 1.54) is 36.4 Å². The number of ether oxygens (including phenoxy) is 1. The first-order valence-electron chi connectivity index (χ1n) is 10.1. The summed E-state index contributed by atoms with van der Waals surface area (Å²) in [5, 5.41) is 7.35. The van der Waals surface area contributed by atoms with Crippen LogP contribution >= 0.6 is 0 Å². The molecule has 1 amide bonds. The molecule has 4 rings (SSSR count). The number of carbonyl (C=O) groups excluding carboxylic acids is 1. The van der Waals surface area contributed by atoms with Gasteiger partial charge in [-0.2, -0.15) is 5.10 Å². The molecule has 0 aliphatic heterocycles. The molecule has 1 heterocycles. The van der Waals surface area contributed by atoms with E-state index in [2.05, 4.69) is 10.4 Å². The number of aryl methyl sites for hydroxylation is 1. The Bertz CT molecular complexity index is 1220. The van der Waals surface area contributed by atoms with Gasteiger partial charge in [-0.15, -0.1) is 0 Å². The van der Waals surface area contributed by atoms with Gasteiger partial charge in [-0.3, -0.25) is 4.79 Å². The molecule has 0 unspecified atom stereocenters. The Morgan fingerprint density at radius 1 is 0.969 bits per heavy atom. The van der Waals surface area contributed by atoms with Crippen molar-refractivity contribution in [1.29, 1.82) is 0 Å². The Morgan fingerprint density at radius 2 is 1.72 bits per heavy atom. The van der Waals surface area contributed by atoms with Crippen LogP contribution in [0.3, 0.4) is 0 Å². The highest BCUT2D eigenvalue weighted by atomic mass is 19.1. The van der Waals surface area contributed by atoms with Crippen LogP contribution in [-0.2, 0) is 11.2 Å². The second kappa shape index (κ2) is 9.43. The summed E-state index contributed by atoms with van der Waals surface area (Å²) >= 11 is 0. The molecule has 0 bridgehead atoms. The summed E-state index contributed by atoms with van der Waals surface area (Å²) in [6.45, 7) is 1.84. The van der Waals surface area contributed by atoms with Gasteiger partial charge in [-0.1, -0.05) is 24.3 Å². The highest BCUT2D eigenvalue weighted by molar-refractivity contribution is 5.90. The van der Waals surface area contributed by atoms with Crippen LogP contribution in [0.5, 0.6) is 11.6 Å². The molecule has 162 valence electrons. The van der Waals surface area contributed by atoms with Gasteiger partial charge in [0.25, 0.3) is 0 Å².